The summed E-state index contributed by atoms with van der Waals surface area (Å²) in [7, 11) is -17.7. The Morgan fingerprint density at radius 1 is 0.527 bits per heavy atom. The van der Waals surface area contributed by atoms with Crippen molar-refractivity contribution in [2.45, 2.75) is 19.6 Å². The fourth-order valence-corrected chi connectivity index (χ4v) is 10.3. The largest absolute Gasteiger partial charge is 0.505 e. The van der Waals surface area contributed by atoms with Crippen LogP contribution in [0.4, 0.5) is 34.1 Å². The summed E-state index contributed by atoms with van der Waals surface area (Å²) < 4.78 is 143. The number of ether oxygens (including phenoxy) is 2. The summed E-state index contributed by atoms with van der Waals surface area (Å²) >= 11 is 24.5. The molecule has 2 amide bonds. The minimum atomic E-state index is -5.36. The normalized spacial score (nSPS) is 12.9. The SMILES string of the molecule is COc1cc(N=Nc2c(S(=O)(=O)O)cc3cc(S(O)(O)O)cc(NC(=O)c4cccc(Cl)c4Cl)c3c2O)c(OC)cc1N=Nc1c(S(O)(O)O)cc2cc(S(=O)(=O)O)cc(NC(=O)c3ccc(Cl)cc3Cl)c2c1O. The Kier molecular flexibility index (Phi) is 15.7. The van der Waals surface area contributed by atoms with Crippen LogP contribution in [0.25, 0.3) is 21.5 Å². The number of benzene rings is 7. The van der Waals surface area contributed by atoms with Gasteiger partial charge in [0, 0.05) is 27.9 Å². The van der Waals surface area contributed by atoms with E-state index >= 15 is 0 Å². The molecule has 0 bridgehead atoms. The van der Waals surface area contributed by atoms with Gasteiger partial charge in [0.25, 0.3) is 32.1 Å². The second-order valence-corrected chi connectivity index (χ2v) is 22.4. The Labute approximate surface area is 439 Å². The number of fused-ring (bicyclic) bond motifs is 2. The Morgan fingerprint density at radius 2 is 1.01 bits per heavy atom. The number of phenols is 2. The lowest BCUT2D eigenvalue weighted by atomic mass is 10.1. The van der Waals surface area contributed by atoms with Gasteiger partial charge in [-0.25, -0.2) is 0 Å². The molecule has 0 saturated carbocycles. The Balaban J connectivity index is 1.36. The van der Waals surface area contributed by atoms with Crippen molar-refractivity contribution in [2.24, 2.45) is 20.5 Å². The molecular formula is C42H32Cl4N6O18S4. The van der Waals surface area contributed by atoms with Crippen LogP contribution < -0.4 is 20.1 Å². The van der Waals surface area contributed by atoms with E-state index in [0.717, 1.165) is 56.7 Å². The molecule has 0 aromatic heterocycles. The molecule has 7 aromatic carbocycles. The lowest BCUT2D eigenvalue weighted by molar-refractivity contribution is 0.101. The molecule has 12 N–H and O–H groups in total. The van der Waals surface area contributed by atoms with E-state index in [9.17, 15) is 73.1 Å². The molecule has 0 atom stereocenters. The van der Waals surface area contributed by atoms with Crippen LogP contribution in [-0.2, 0) is 20.2 Å². The molecule has 0 radical (unpaired) electrons. The highest BCUT2D eigenvalue weighted by atomic mass is 35.5. The van der Waals surface area contributed by atoms with Crippen molar-refractivity contribution in [3.05, 3.63) is 116 Å². The standard InChI is InChI=1S/C42H32Cl4N6O18S4/c1-69-30-16-27(50-52-38-33(74(66,67)68)11-18-9-21(72(60,61)62)14-29(35(18)40(38)54)48-42(56)23-4-3-5-24(44)36(23)46)31(70-2)15-26(30)49-51-37-32(73(63,64)65)10-17-8-20(71(57,58)59)13-28(34(17)39(37)53)47-41(55)22-7-6-19(43)12-25(22)45/h3-16,53-54,60-65H,1-2H3,(H,47,55)(H,48,56)(H,57,58,59)(H,66,67,68). The van der Waals surface area contributed by atoms with E-state index < -0.39 is 129 Å². The molecule has 32 heteroatoms. The predicted molar refractivity (Wildman–Crippen MR) is 275 cm³/mol. The summed E-state index contributed by atoms with van der Waals surface area (Å²) in [4.78, 5) is 23.3. The maximum atomic E-state index is 13.5. The minimum absolute atomic E-state index is 0.0319. The molecule has 0 aliphatic carbocycles. The van der Waals surface area contributed by atoms with Gasteiger partial charge in [-0.2, -0.15) is 16.8 Å². The predicted octanol–water partition coefficient (Wildman–Crippen LogP) is 13.0. The lowest BCUT2D eigenvalue weighted by Crippen LogP contribution is -2.13. The van der Waals surface area contributed by atoms with Crippen molar-refractivity contribution in [2.75, 3.05) is 24.9 Å². The fourth-order valence-electron chi connectivity index (χ4n) is 6.98. The number of phenolic OH excluding ortho intramolecular Hbond substituents is 2. The average molecular weight is 1180 g/mol. The van der Waals surface area contributed by atoms with Gasteiger partial charge in [-0.05, 0) is 77.5 Å². The van der Waals surface area contributed by atoms with E-state index in [4.69, 9.17) is 55.9 Å². The number of nitrogens with zero attached hydrogens (tertiary/aromatic N) is 4. The molecule has 0 fully saturated rings. The van der Waals surface area contributed by atoms with Gasteiger partial charge in [0.2, 0.25) is 0 Å². The van der Waals surface area contributed by atoms with Gasteiger partial charge in [-0.3, -0.25) is 18.7 Å². The first-order valence-electron chi connectivity index (χ1n) is 19.7. The smallest absolute Gasteiger partial charge is 0.296 e. The molecule has 0 spiro atoms. The van der Waals surface area contributed by atoms with Crippen molar-refractivity contribution < 1.29 is 82.5 Å². The van der Waals surface area contributed by atoms with Crippen molar-refractivity contribution >= 4 is 156 Å². The first-order valence-corrected chi connectivity index (χ1v) is 27.1. The van der Waals surface area contributed by atoms with Crippen LogP contribution in [0.5, 0.6) is 23.0 Å². The zero-order chi connectivity index (χ0) is 54.6. The number of carbonyl (C=O) groups excluding carboxylic acids is 2. The summed E-state index contributed by atoms with van der Waals surface area (Å²) in [5.41, 5.74) is -3.87. The van der Waals surface area contributed by atoms with Crippen LogP contribution >= 0.6 is 68.1 Å². The zero-order valence-electron chi connectivity index (χ0n) is 36.8. The van der Waals surface area contributed by atoms with Crippen molar-refractivity contribution in [3.8, 4) is 23.0 Å². The number of azo groups is 2. The molecule has 24 nitrogen and oxygen atoms in total. The number of hydrogen-bond acceptors (Lipinski definition) is 20. The number of rotatable bonds is 14. The number of halogens is 4. The third-order valence-electron chi connectivity index (χ3n) is 10.3. The van der Waals surface area contributed by atoms with Gasteiger partial charge in [-0.15, -0.1) is 20.5 Å². The second-order valence-electron chi connectivity index (χ2n) is 15.0. The molecule has 390 valence electrons. The van der Waals surface area contributed by atoms with Gasteiger partial charge in [-0.1, -0.05) is 52.5 Å². The van der Waals surface area contributed by atoms with E-state index in [0.29, 0.717) is 6.07 Å². The molecular weight excluding hydrogens is 1150 g/mol. The van der Waals surface area contributed by atoms with Crippen molar-refractivity contribution in [1.29, 1.82) is 0 Å². The van der Waals surface area contributed by atoms with E-state index in [1.165, 1.54) is 36.4 Å². The molecule has 0 aliphatic heterocycles. The maximum absolute atomic E-state index is 13.5. The van der Waals surface area contributed by atoms with E-state index in [1.54, 1.807) is 0 Å². The van der Waals surface area contributed by atoms with E-state index in [2.05, 4.69) is 31.1 Å². The third kappa shape index (κ3) is 11.5. The number of aromatic hydroxyl groups is 2. The number of nitrogens with one attached hydrogen (secondary N) is 2. The Bertz CT molecular complexity index is 3820. The first kappa shape index (κ1) is 55.6. The molecule has 0 heterocycles. The summed E-state index contributed by atoms with van der Waals surface area (Å²) in [6.45, 7) is 0. The topological polar surface area (TPSA) is 397 Å². The van der Waals surface area contributed by atoms with Crippen LogP contribution in [-0.4, -0.2) is 89.5 Å². The highest BCUT2D eigenvalue weighted by Crippen LogP contribution is 2.56. The van der Waals surface area contributed by atoms with Gasteiger partial charge >= 0.3 is 0 Å². The highest BCUT2D eigenvalue weighted by molar-refractivity contribution is 8.19. The quantitative estimate of drug-likeness (QED) is 0.0355. The highest BCUT2D eigenvalue weighted by Gasteiger charge is 2.30. The van der Waals surface area contributed by atoms with Crippen molar-refractivity contribution in [3.63, 3.8) is 0 Å². The monoisotopic (exact) mass is 1180 g/mol. The van der Waals surface area contributed by atoms with Crippen LogP contribution in [0.2, 0.25) is 20.1 Å². The minimum Gasteiger partial charge on any atom is -0.505 e. The second kappa shape index (κ2) is 20.9. The zero-order valence-corrected chi connectivity index (χ0v) is 43.0. The first-order chi connectivity index (χ1) is 34.4. The third-order valence-corrected chi connectivity index (χ3v) is 15.1. The number of methoxy groups -OCH3 is 2. The van der Waals surface area contributed by atoms with E-state index in [-0.39, 0.29) is 54.1 Å². The number of carbonyl (C=O) groups is 2. The van der Waals surface area contributed by atoms with Gasteiger partial charge in [0.15, 0.2) is 11.5 Å². The summed E-state index contributed by atoms with van der Waals surface area (Å²) in [5.74, 6) is -4.65. The molecule has 0 aliphatic rings. The maximum Gasteiger partial charge on any atom is 0.296 e. The lowest BCUT2D eigenvalue weighted by Gasteiger charge is -2.23. The van der Waals surface area contributed by atoms with Crippen LogP contribution in [0.3, 0.4) is 0 Å². The number of amides is 2. The Morgan fingerprint density at radius 3 is 1.49 bits per heavy atom. The summed E-state index contributed by atoms with van der Waals surface area (Å²) in [6, 6.07) is 14.6. The Hall–Kier alpha value is -6.16. The van der Waals surface area contributed by atoms with E-state index in [1.807, 2.05) is 0 Å². The number of anilines is 2. The average Bonchev–Trinajstić information content (AvgIpc) is 3.29. The summed E-state index contributed by atoms with van der Waals surface area (Å²) in [5, 5.41) is 42.0. The molecule has 7 aromatic rings. The summed E-state index contributed by atoms with van der Waals surface area (Å²) in [6.07, 6.45) is 0. The van der Waals surface area contributed by atoms with Gasteiger partial charge in [0.1, 0.15) is 60.9 Å². The van der Waals surface area contributed by atoms with Crippen LogP contribution in [0, 0.1) is 0 Å². The van der Waals surface area contributed by atoms with Crippen LogP contribution in [0.1, 0.15) is 20.7 Å². The van der Waals surface area contributed by atoms with Crippen LogP contribution in [0.15, 0.2) is 125 Å². The molecule has 0 unspecified atom stereocenters. The fraction of sp³-hybridized carbons (Fsp3) is 0.0476. The van der Waals surface area contributed by atoms with Crippen molar-refractivity contribution in [1.82, 2.24) is 0 Å². The molecule has 0 saturated heterocycles. The molecule has 7 rings (SSSR count). The van der Waals surface area contributed by atoms with Gasteiger partial charge in [0.05, 0.1) is 66.5 Å². The van der Waals surface area contributed by atoms with Gasteiger partial charge < -0.3 is 57.6 Å². The number of hydrogen-bond donors (Lipinski definition) is 12. The molecule has 74 heavy (non-hydrogen) atoms.